The molecule has 3 nitrogen and oxygen atoms in total. The van der Waals surface area contributed by atoms with Gasteiger partial charge in [-0.2, -0.15) is 0 Å². The highest BCUT2D eigenvalue weighted by atomic mass is 16.3. The van der Waals surface area contributed by atoms with Crippen LogP contribution in [0.5, 0.6) is 0 Å². The smallest absolute Gasteiger partial charge is 0.151 e. The van der Waals surface area contributed by atoms with Crippen LogP contribution in [-0.2, 0) is 0 Å². The van der Waals surface area contributed by atoms with E-state index in [0.717, 1.165) is 5.39 Å². The summed E-state index contributed by atoms with van der Waals surface area (Å²) < 4.78 is 5.62. The third kappa shape index (κ3) is 1.29. The van der Waals surface area contributed by atoms with Gasteiger partial charge in [0.05, 0.1) is 0 Å². The summed E-state index contributed by atoms with van der Waals surface area (Å²) in [5.41, 5.74) is 2.12. The molecule has 0 radical (unpaired) electrons. The molecule has 2 aromatic carbocycles. The Hall–Kier alpha value is -2.42. The first-order valence-corrected chi connectivity index (χ1v) is 5.20. The van der Waals surface area contributed by atoms with Crippen LogP contribution in [0.3, 0.4) is 0 Å². The van der Waals surface area contributed by atoms with Crippen molar-refractivity contribution in [1.82, 2.24) is 0 Å². The van der Waals surface area contributed by atoms with Crippen molar-refractivity contribution >= 4 is 34.5 Å². The van der Waals surface area contributed by atoms with E-state index in [0.29, 0.717) is 40.3 Å². The second kappa shape index (κ2) is 3.56. The van der Waals surface area contributed by atoms with E-state index in [1.165, 1.54) is 0 Å². The molecule has 17 heavy (non-hydrogen) atoms. The first-order chi connectivity index (χ1) is 8.35. The number of hydrogen-bond acceptors (Lipinski definition) is 3. The molecule has 0 N–H and O–H groups in total. The summed E-state index contributed by atoms with van der Waals surface area (Å²) in [5.74, 6) is 0. The summed E-state index contributed by atoms with van der Waals surface area (Å²) in [7, 11) is 0. The molecule has 0 spiro atoms. The SMILES string of the molecule is O=Cc1ccc2oc3ccccc3c2c1C=O. The van der Waals surface area contributed by atoms with Crippen molar-refractivity contribution in [3.8, 4) is 0 Å². The number of benzene rings is 2. The number of carbonyl (C=O) groups is 2. The topological polar surface area (TPSA) is 47.3 Å². The fourth-order valence-corrected chi connectivity index (χ4v) is 2.09. The van der Waals surface area contributed by atoms with Gasteiger partial charge in [-0.1, -0.05) is 18.2 Å². The average Bonchev–Trinajstić information content (AvgIpc) is 2.76. The van der Waals surface area contributed by atoms with E-state index in [4.69, 9.17) is 4.42 Å². The van der Waals surface area contributed by atoms with Crippen molar-refractivity contribution < 1.29 is 14.0 Å². The molecule has 0 atom stereocenters. The molecule has 0 aliphatic heterocycles. The molecule has 1 aromatic heterocycles. The molecule has 0 aliphatic rings. The molecule has 3 rings (SSSR count). The van der Waals surface area contributed by atoms with Gasteiger partial charge in [0.15, 0.2) is 12.6 Å². The van der Waals surface area contributed by atoms with Crippen LogP contribution in [0.25, 0.3) is 21.9 Å². The van der Waals surface area contributed by atoms with Crippen LogP contribution < -0.4 is 0 Å². The van der Waals surface area contributed by atoms with Gasteiger partial charge < -0.3 is 4.42 Å². The molecular formula is C14H8O3. The summed E-state index contributed by atoms with van der Waals surface area (Å²) in [4.78, 5) is 22.0. The highest BCUT2D eigenvalue weighted by molar-refractivity contribution is 6.15. The number of carbonyl (C=O) groups excluding carboxylic acids is 2. The van der Waals surface area contributed by atoms with E-state index in [-0.39, 0.29) is 0 Å². The molecule has 0 saturated heterocycles. The van der Waals surface area contributed by atoms with Gasteiger partial charge in [-0.15, -0.1) is 0 Å². The molecule has 0 bridgehead atoms. The third-order valence-electron chi connectivity index (χ3n) is 2.86. The monoisotopic (exact) mass is 224 g/mol. The number of para-hydroxylation sites is 1. The van der Waals surface area contributed by atoms with Crippen LogP contribution in [0.1, 0.15) is 20.7 Å². The van der Waals surface area contributed by atoms with Crippen LogP contribution >= 0.6 is 0 Å². The van der Waals surface area contributed by atoms with Gasteiger partial charge >= 0.3 is 0 Å². The number of rotatable bonds is 2. The van der Waals surface area contributed by atoms with E-state index in [2.05, 4.69) is 0 Å². The van der Waals surface area contributed by atoms with Crippen LogP contribution in [0, 0.1) is 0 Å². The third-order valence-corrected chi connectivity index (χ3v) is 2.86. The van der Waals surface area contributed by atoms with E-state index in [1.807, 2.05) is 24.3 Å². The molecule has 0 saturated carbocycles. The number of furan rings is 1. The van der Waals surface area contributed by atoms with E-state index < -0.39 is 0 Å². The summed E-state index contributed by atoms with van der Waals surface area (Å²) >= 11 is 0. The zero-order chi connectivity index (χ0) is 11.8. The fourth-order valence-electron chi connectivity index (χ4n) is 2.09. The maximum absolute atomic E-state index is 11.1. The van der Waals surface area contributed by atoms with Crippen molar-refractivity contribution in [3.05, 3.63) is 47.5 Å². The van der Waals surface area contributed by atoms with Crippen LogP contribution in [-0.4, -0.2) is 12.6 Å². The molecule has 0 aliphatic carbocycles. The van der Waals surface area contributed by atoms with Crippen molar-refractivity contribution in [3.63, 3.8) is 0 Å². The second-order valence-electron chi connectivity index (χ2n) is 3.78. The van der Waals surface area contributed by atoms with Gasteiger partial charge in [0.2, 0.25) is 0 Å². The lowest BCUT2D eigenvalue weighted by molar-refractivity contribution is 0.109. The van der Waals surface area contributed by atoms with Gasteiger partial charge in [0.1, 0.15) is 11.2 Å². The Kier molecular flexibility index (Phi) is 2.05. The van der Waals surface area contributed by atoms with E-state index in [9.17, 15) is 9.59 Å². The van der Waals surface area contributed by atoms with Crippen LogP contribution in [0.15, 0.2) is 40.8 Å². The zero-order valence-electron chi connectivity index (χ0n) is 8.84. The lowest BCUT2D eigenvalue weighted by Gasteiger charge is -1.97. The number of aldehydes is 2. The van der Waals surface area contributed by atoms with Gasteiger partial charge in [-0.25, -0.2) is 0 Å². The molecule has 82 valence electrons. The molecule has 3 heteroatoms. The van der Waals surface area contributed by atoms with Crippen LogP contribution in [0.4, 0.5) is 0 Å². The van der Waals surface area contributed by atoms with Crippen LogP contribution in [0.2, 0.25) is 0 Å². The Morgan fingerprint density at radius 1 is 0.882 bits per heavy atom. The predicted octanol–water partition coefficient (Wildman–Crippen LogP) is 3.21. The summed E-state index contributed by atoms with van der Waals surface area (Å²) in [6.45, 7) is 0. The highest BCUT2D eigenvalue weighted by Gasteiger charge is 2.13. The van der Waals surface area contributed by atoms with Crippen molar-refractivity contribution in [2.24, 2.45) is 0 Å². The highest BCUT2D eigenvalue weighted by Crippen LogP contribution is 2.31. The van der Waals surface area contributed by atoms with Crippen molar-refractivity contribution in [1.29, 1.82) is 0 Å². The van der Waals surface area contributed by atoms with E-state index >= 15 is 0 Å². The Balaban J connectivity index is 2.60. The average molecular weight is 224 g/mol. The molecule has 0 fully saturated rings. The summed E-state index contributed by atoms with van der Waals surface area (Å²) in [6.07, 6.45) is 1.39. The maximum Gasteiger partial charge on any atom is 0.151 e. The minimum Gasteiger partial charge on any atom is -0.456 e. The standard InChI is InChI=1S/C14H8O3/c15-7-9-5-6-13-14(11(9)8-16)10-3-1-2-4-12(10)17-13/h1-8H. The molecule has 3 aromatic rings. The minimum atomic E-state index is 0.388. The minimum absolute atomic E-state index is 0.388. The normalized spacial score (nSPS) is 10.8. The first kappa shape index (κ1) is 9.78. The van der Waals surface area contributed by atoms with Gasteiger partial charge in [0, 0.05) is 21.9 Å². The number of fused-ring (bicyclic) bond motifs is 3. The Morgan fingerprint density at radius 3 is 2.47 bits per heavy atom. The quantitative estimate of drug-likeness (QED) is 0.628. The van der Waals surface area contributed by atoms with Gasteiger partial charge in [-0.05, 0) is 18.2 Å². The fraction of sp³-hybridized carbons (Fsp3) is 0. The zero-order valence-corrected chi connectivity index (χ0v) is 8.84. The van der Waals surface area contributed by atoms with Crippen molar-refractivity contribution in [2.45, 2.75) is 0 Å². The first-order valence-electron chi connectivity index (χ1n) is 5.20. The lowest BCUT2D eigenvalue weighted by Crippen LogP contribution is -1.90. The molecule has 0 unspecified atom stereocenters. The summed E-state index contributed by atoms with van der Waals surface area (Å²) in [5, 5.41) is 1.56. The molecule has 1 heterocycles. The second-order valence-corrected chi connectivity index (χ2v) is 3.78. The van der Waals surface area contributed by atoms with Gasteiger partial charge in [-0.3, -0.25) is 9.59 Å². The summed E-state index contributed by atoms with van der Waals surface area (Å²) in [6, 6.07) is 10.8. The Morgan fingerprint density at radius 2 is 1.71 bits per heavy atom. The maximum atomic E-state index is 11.1. The molecule has 0 amide bonds. The van der Waals surface area contributed by atoms with Crippen molar-refractivity contribution in [2.75, 3.05) is 0 Å². The Labute approximate surface area is 96.6 Å². The predicted molar refractivity (Wildman–Crippen MR) is 64.5 cm³/mol. The lowest BCUT2D eigenvalue weighted by atomic mass is 10.0. The Bertz CT molecular complexity index is 738. The van der Waals surface area contributed by atoms with E-state index in [1.54, 1.807) is 12.1 Å². The largest absolute Gasteiger partial charge is 0.456 e. The van der Waals surface area contributed by atoms with Gasteiger partial charge in [0.25, 0.3) is 0 Å². The molecular weight excluding hydrogens is 216 g/mol. The number of hydrogen-bond donors (Lipinski definition) is 0.